The first-order chi connectivity index (χ1) is 4.95. The molecule has 0 saturated carbocycles. The van der Waals surface area contributed by atoms with E-state index in [1.807, 2.05) is 30.4 Å². The molecule has 0 aromatic rings. The smallest absolute Gasteiger partial charge is 0.169 e. The highest BCUT2D eigenvalue weighted by atomic mass is 16.5. The van der Waals surface area contributed by atoms with Gasteiger partial charge in [-0.1, -0.05) is 17.9 Å². The number of hydrogen-bond donors (Lipinski definition) is 0. The number of allylic oxidation sites excluding steroid dienone is 5. The van der Waals surface area contributed by atoms with Crippen LogP contribution in [0.25, 0.3) is 0 Å². The molecule has 0 amide bonds. The minimum atomic E-state index is 0.780. The van der Waals surface area contributed by atoms with E-state index < -0.39 is 0 Å². The second kappa shape index (κ2) is 2.05. The van der Waals surface area contributed by atoms with Crippen molar-refractivity contribution >= 4 is 0 Å². The Morgan fingerprint density at radius 1 is 1.10 bits per heavy atom. The van der Waals surface area contributed by atoms with Crippen molar-refractivity contribution in [3.05, 3.63) is 53.7 Å². The third-order valence-electron chi connectivity index (χ3n) is 1.34. The maximum Gasteiger partial charge on any atom is 0.169 e. The van der Waals surface area contributed by atoms with Crippen molar-refractivity contribution in [2.75, 3.05) is 0 Å². The van der Waals surface area contributed by atoms with E-state index >= 15 is 0 Å². The average molecular weight is 130 g/mol. The largest absolute Gasteiger partial charge is 0.457 e. The monoisotopic (exact) mass is 130 g/mol. The fraction of sp³-hybridized carbons (Fsp3) is 0. The summed E-state index contributed by atoms with van der Waals surface area (Å²) in [5.41, 5.74) is 4.13. The molecule has 0 N–H and O–H groups in total. The molecule has 0 aromatic carbocycles. The van der Waals surface area contributed by atoms with Crippen LogP contribution >= 0.6 is 0 Å². The van der Waals surface area contributed by atoms with Gasteiger partial charge in [-0.3, -0.25) is 0 Å². The van der Waals surface area contributed by atoms with Crippen molar-refractivity contribution in [2.24, 2.45) is 0 Å². The summed E-state index contributed by atoms with van der Waals surface area (Å²) in [4.78, 5) is 0. The van der Waals surface area contributed by atoms with Gasteiger partial charge in [-0.05, 0) is 18.2 Å². The van der Waals surface area contributed by atoms with E-state index in [1.165, 1.54) is 0 Å². The third kappa shape index (κ3) is 0.831. The standard InChI is InChI=1S/C9H6O/c1-2-4-9-7-8(3-1)5-6-10-9/h1-6H. The van der Waals surface area contributed by atoms with E-state index in [9.17, 15) is 0 Å². The summed E-state index contributed by atoms with van der Waals surface area (Å²) in [6.45, 7) is 0. The van der Waals surface area contributed by atoms with Gasteiger partial charge < -0.3 is 4.74 Å². The van der Waals surface area contributed by atoms with Crippen LogP contribution in [0.4, 0.5) is 0 Å². The molecule has 1 nitrogen and oxygen atoms in total. The van der Waals surface area contributed by atoms with Crippen LogP contribution in [0, 0.1) is 0 Å². The highest BCUT2D eigenvalue weighted by molar-refractivity contribution is 5.39. The summed E-state index contributed by atoms with van der Waals surface area (Å²) in [5.74, 6) is 0.780. The number of hydrogen-bond acceptors (Lipinski definition) is 1. The van der Waals surface area contributed by atoms with Crippen LogP contribution in [0.3, 0.4) is 0 Å². The Morgan fingerprint density at radius 3 is 3.00 bits per heavy atom. The summed E-state index contributed by atoms with van der Waals surface area (Å²) < 4.78 is 5.11. The normalized spacial score (nSPS) is 19.2. The maximum atomic E-state index is 5.11. The molecule has 0 unspecified atom stereocenters. The van der Waals surface area contributed by atoms with Crippen molar-refractivity contribution < 1.29 is 4.74 Å². The Labute approximate surface area is 59.3 Å². The minimum absolute atomic E-state index is 0.780. The van der Waals surface area contributed by atoms with Gasteiger partial charge in [0.1, 0.15) is 0 Å². The zero-order chi connectivity index (χ0) is 6.81. The Morgan fingerprint density at radius 2 is 2.00 bits per heavy atom. The lowest BCUT2D eigenvalue weighted by Crippen LogP contribution is -1.82. The zero-order valence-corrected chi connectivity index (χ0v) is 5.37. The highest BCUT2D eigenvalue weighted by Gasteiger charge is 1.97. The second-order valence-corrected chi connectivity index (χ2v) is 2.08. The molecule has 0 atom stereocenters. The minimum Gasteiger partial charge on any atom is -0.457 e. The fourth-order valence-corrected chi connectivity index (χ4v) is 0.874. The molecule has 48 valence electrons. The summed E-state index contributed by atoms with van der Waals surface area (Å²) in [6.07, 6.45) is 11.3. The van der Waals surface area contributed by atoms with Crippen LogP contribution < -0.4 is 0 Å². The first-order valence-electron chi connectivity index (χ1n) is 3.14. The lowest BCUT2D eigenvalue weighted by atomic mass is 10.2. The highest BCUT2D eigenvalue weighted by Crippen LogP contribution is 2.12. The van der Waals surface area contributed by atoms with Crippen molar-refractivity contribution in [3.8, 4) is 0 Å². The van der Waals surface area contributed by atoms with E-state index in [0.29, 0.717) is 0 Å². The average Bonchev–Trinajstić information content (AvgIpc) is 2.12. The van der Waals surface area contributed by atoms with Crippen LogP contribution in [0.5, 0.6) is 0 Å². The molecular weight excluding hydrogens is 124 g/mol. The fourth-order valence-electron chi connectivity index (χ4n) is 0.874. The number of rotatable bonds is 0. The Hall–Kier alpha value is -1.46. The van der Waals surface area contributed by atoms with Crippen molar-refractivity contribution in [3.63, 3.8) is 0 Å². The Balaban J connectivity index is 2.56. The van der Waals surface area contributed by atoms with Crippen molar-refractivity contribution in [2.45, 2.75) is 0 Å². The molecule has 0 fully saturated rings. The molecule has 2 aliphatic rings. The quantitative estimate of drug-likeness (QED) is 0.456. The number of ether oxygens (including phenoxy) is 1. The van der Waals surface area contributed by atoms with Gasteiger partial charge in [0.25, 0.3) is 0 Å². The first-order valence-corrected chi connectivity index (χ1v) is 3.14. The summed E-state index contributed by atoms with van der Waals surface area (Å²) in [6, 6.07) is 0. The molecule has 0 radical (unpaired) electrons. The van der Waals surface area contributed by atoms with Gasteiger partial charge in [0.05, 0.1) is 6.26 Å². The van der Waals surface area contributed by atoms with Gasteiger partial charge in [0, 0.05) is 5.57 Å². The van der Waals surface area contributed by atoms with E-state index in [-0.39, 0.29) is 0 Å². The van der Waals surface area contributed by atoms with Crippen LogP contribution in [0.15, 0.2) is 53.7 Å². The summed E-state index contributed by atoms with van der Waals surface area (Å²) >= 11 is 0. The maximum absolute atomic E-state index is 5.11. The molecule has 1 aliphatic carbocycles. The van der Waals surface area contributed by atoms with Gasteiger partial charge in [0.15, 0.2) is 5.76 Å². The molecule has 2 bridgehead atoms. The molecule has 1 heterocycles. The second-order valence-electron chi connectivity index (χ2n) is 2.08. The zero-order valence-electron chi connectivity index (χ0n) is 5.37. The van der Waals surface area contributed by atoms with Gasteiger partial charge in [0.2, 0.25) is 0 Å². The van der Waals surface area contributed by atoms with Crippen LogP contribution in [-0.2, 0) is 4.74 Å². The van der Waals surface area contributed by atoms with Gasteiger partial charge in [-0.15, -0.1) is 0 Å². The predicted molar refractivity (Wildman–Crippen MR) is 39.0 cm³/mol. The lowest BCUT2D eigenvalue weighted by molar-refractivity contribution is 0.366. The van der Waals surface area contributed by atoms with Crippen LogP contribution in [0.1, 0.15) is 0 Å². The van der Waals surface area contributed by atoms with Crippen LogP contribution in [0.2, 0.25) is 0 Å². The molecule has 2 rings (SSSR count). The Kier molecular flexibility index (Phi) is 1.09. The van der Waals surface area contributed by atoms with Gasteiger partial charge in [-0.25, -0.2) is 0 Å². The van der Waals surface area contributed by atoms with Gasteiger partial charge in [-0.2, -0.15) is 0 Å². The first kappa shape index (κ1) is 5.33. The van der Waals surface area contributed by atoms with Gasteiger partial charge >= 0.3 is 0 Å². The van der Waals surface area contributed by atoms with E-state index in [1.54, 1.807) is 6.26 Å². The van der Waals surface area contributed by atoms with Crippen molar-refractivity contribution in [1.82, 2.24) is 0 Å². The molecule has 1 heteroatoms. The molecule has 10 heavy (non-hydrogen) atoms. The SMILES string of the molecule is C1=C2C=CC=CC=1OC=C2. The van der Waals surface area contributed by atoms with E-state index in [2.05, 4.69) is 5.73 Å². The molecule has 0 aromatic heterocycles. The predicted octanol–water partition coefficient (Wildman–Crippen LogP) is 2.07. The Bertz CT molecular complexity index is 297. The van der Waals surface area contributed by atoms with Crippen LogP contribution in [-0.4, -0.2) is 0 Å². The van der Waals surface area contributed by atoms with E-state index in [4.69, 9.17) is 4.74 Å². The topological polar surface area (TPSA) is 9.23 Å². The molecule has 0 spiro atoms. The molecular formula is C9H6O. The summed E-state index contributed by atoms with van der Waals surface area (Å²) in [7, 11) is 0. The summed E-state index contributed by atoms with van der Waals surface area (Å²) in [5, 5.41) is 0. The lowest BCUT2D eigenvalue weighted by Gasteiger charge is -2.00. The van der Waals surface area contributed by atoms with E-state index in [0.717, 1.165) is 11.3 Å². The molecule has 0 saturated heterocycles. The molecule has 1 aliphatic heterocycles. The van der Waals surface area contributed by atoms with Crippen molar-refractivity contribution in [1.29, 1.82) is 0 Å². The third-order valence-corrected chi connectivity index (χ3v) is 1.34.